The highest BCUT2D eigenvalue weighted by molar-refractivity contribution is 6.32. The predicted molar refractivity (Wildman–Crippen MR) is 123 cm³/mol. The molecule has 1 unspecified atom stereocenters. The first kappa shape index (κ1) is 20.7. The number of pyridine rings is 1. The molecule has 4 aromatic rings. The summed E-state index contributed by atoms with van der Waals surface area (Å²) in [6, 6.07) is 11.8. The lowest BCUT2D eigenvalue weighted by molar-refractivity contribution is 0.175. The summed E-state index contributed by atoms with van der Waals surface area (Å²) in [5.74, 6) is 1.10. The number of hydrogen-bond donors (Lipinski definition) is 2. The van der Waals surface area contributed by atoms with Gasteiger partial charge in [-0.1, -0.05) is 23.7 Å². The Morgan fingerprint density at radius 3 is 2.94 bits per heavy atom. The number of ether oxygens (including phenoxy) is 1. The first-order valence-electron chi connectivity index (χ1n) is 10.4. The van der Waals surface area contributed by atoms with Crippen LogP contribution in [0.15, 0.2) is 55.0 Å². The Labute approximate surface area is 190 Å². The van der Waals surface area contributed by atoms with Crippen molar-refractivity contribution in [3.05, 3.63) is 65.6 Å². The summed E-state index contributed by atoms with van der Waals surface area (Å²) in [5, 5.41) is 13.4. The number of aliphatic hydroxyl groups is 1. The topological polar surface area (TPSA) is 87.8 Å². The van der Waals surface area contributed by atoms with Crippen LogP contribution in [-0.4, -0.2) is 55.7 Å². The van der Waals surface area contributed by atoms with Crippen molar-refractivity contribution in [1.82, 2.24) is 24.3 Å². The molecule has 32 heavy (non-hydrogen) atoms. The minimum atomic E-state index is -0.234. The Morgan fingerprint density at radius 2 is 2.12 bits per heavy atom. The molecule has 0 aliphatic carbocycles. The van der Waals surface area contributed by atoms with Gasteiger partial charge in [0, 0.05) is 25.8 Å². The van der Waals surface area contributed by atoms with Gasteiger partial charge in [-0.15, -0.1) is 0 Å². The molecule has 4 heterocycles. The SMILES string of the molecule is COc1cc(CN2CCC(O)C2)ccc1Nc1ncc(Cl)c(-c2cnc3ccccn23)n1. The van der Waals surface area contributed by atoms with E-state index >= 15 is 0 Å². The van der Waals surface area contributed by atoms with Crippen LogP contribution in [0.3, 0.4) is 0 Å². The first-order chi connectivity index (χ1) is 15.6. The zero-order valence-electron chi connectivity index (χ0n) is 17.6. The van der Waals surface area contributed by atoms with E-state index in [1.807, 2.05) is 47.0 Å². The van der Waals surface area contributed by atoms with Gasteiger partial charge in [0.25, 0.3) is 0 Å². The van der Waals surface area contributed by atoms with Crippen LogP contribution in [0.25, 0.3) is 17.0 Å². The Bertz CT molecular complexity index is 1260. The van der Waals surface area contributed by atoms with Crippen molar-refractivity contribution in [3.63, 3.8) is 0 Å². The molecule has 5 rings (SSSR count). The van der Waals surface area contributed by atoms with E-state index < -0.39 is 0 Å². The first-order valence-corrected chi connectivity index (χ1v) is 10.8. The van der Waals surface area contributed by atoms with E-state index in [1.165, 1.54) is 0 Å². The van der Waals surface area contributed by atoms with Gasteiger partial charge in [0.15, 0.2) is 0 Å². The molecule has 1 fully saturated rings. The van der Waals surface area contributed by atoms with Gasteiger partial charge in [-0.2, -0.15) is 0 Å². The normalized spacial score (nSPS) is 16.5. The Balaban J connectivity index is 1.41. The zero-order valence-corrected chi connectivity index (χ0v) is 18.3. The maximum absolute atomic E-state index is 9.75. The van der Waals surface area contributed by atoms with Gasteiger partial charge >= 0.3 is 0 Å². The molecule has 9 heteroatoms. The third-order valence-electron chi connectivity index (χ3n) is 5.57. The van der Waals surface area contributed by atoms with Crippen LogP contribution >= 0.6 is 11.6 Å². The molecule has 0 bridgehead atoms. The van der Waals surface area contributed by atoms with Gasteiger partial charge < -0.3 is 15.2 Å². The number of nitrogens with one attached hydrogen (secondary N) is 1. The second kappa shape index (κ2) is 8.74. The molecule has 0 spiro atoms. The number of aromatic nitrogens is 4. The van der Waals surface area contributed by atoms with Crippen LogP contribution < -0.4 is 10.1 Å². The Morgan fingerprint density at radius 1 is 1.22 bits per heavy atom. The number of hydrogen-bond acceptors (Lipinski definition) is 7. The molecule has 1 atom stereocenters. The van der Waals surface area contributed by atoms with Crippen LogP contribution in [0.4, 0.5) is 11.6 Å². The summed E-state index contributed by atoms with van der Waals surface area (Å²) < 4.78 is 7.53. The van der Waals surface area contributed by atoms with Crippen LogP contribution in [-0.2, 0) is 6.54 Å². The number of nitrogens with zero attached hydrogens (tertiary/aromatic N) is 5. The summed E-state index contributed by atoms with van der Waals surface area (Å²) in [7, 11) is 1.64. The highest BCUT2D eigenvalue weighted by Gasteiger charge is 2.20. The number of methoxy groups -OCH3 is 1. The van der Waals surface area contributed by atoms with Crippen LogP contribution in [0, 0.1) is 0 Å². The van der Waals surface area contributed by atoms with Gasteiger partial charge in [-0.3, -0.25) is 9.30 Å². The van der Waals surface area contributed by atoms with E-state index in [9.17, 15) is 5.11 Å². The van der Waals surface area contributed by atoms with Gasteiger partial charge in [0.05, 0.1) is 42.0 Å². The number of benzene rings is 1. The minimum absolute atomic E-state index is 0.234. The minimum Gasteiger partial charge on any atom is -0.495 e. The number of halogens is 1. The summed E-state index contributed by atoms with van der Waals surface area (Å²) in [6.45, 7) is 2.37. The van der Waals surface area contributed by atoms with Crippen molar-refractivity contribution >= 4 is 28.9 Å². The number of aliphatic hydroxyl groups excluding tert-OH is 1. The molecular weight excluding hydrogens is 428 g/mol. The van der Waals surface area contributed by atoms with Crippen molar-refractivity contribution < 1.29 is 9.84 Å². The standard InChI is InChI=1S/C23H23ClN6O2/c1-32-20-10-15(13-29-9-7-16(31)14-29)5-6-18(20)27-23-26-11-17(24)22(28-23)19-12-25-21-4-2-3-8-30(19)21/h2-6,8,10-12,16,31H,7,9,13-14H2,1H3,(H,26,27,28). The lowest BCUT2D eigenvalue weighted by Crippen LogP contribution is -2.21. The second-order valence-electron chi connectivity index (χ2n) is 7.80. The fraction of sp³-hybridized carbons (Fsp3) is 0.261. The number of rotatable bonds is 6. The van der Waals surface area contributed by atoms with Gasteiger partial charge in [-0.05, 0) is 36.2 Å². The van der Waals surface area contributed by atoms with E-state index in [-0.39, 0.29) is 6.10 Å². The van der Waals surface area contributed by atoms with Crippen LogP contribution in [0.2, 0.25) is 5.02 Å². The number of anilines is 2. The zero-order chi connectivity index (χ0) is 22.1. The lowest BCUT2D eigenvalue weighted by Gasteiger charge is -2.17. The van der Waals surface area contributed by atoms with Crippen molar-refractivity contribution in [2.45, 2.75) is 19.1 Å². The molecule has 2 N–H and O–H groups in total. The molecule has 3 aromatic heterocycles. The smallest absolute Gasteiger partial charge is 0.227 e. The molecule has 164 valence electrons. The summed E-state index contributed by atoms with van der Waals surface area (Å²) >= 11 is 6.42. The lowest BCUT2D eigenvalue weighted by atomic mass is 10.1. The molecule has 1 aliphatic heterocycles. The Kier molecular flexibility index (Phi) is 5.65. The van der Waals surface area contributed by atoms with Gasteiger partial charge in [0.1, 0.15) is 17.1 Å². The molecule has 1 aromatic carbocycles. The van der Waals surface area contributed by atoms with E-state index in [2.05, 4.69) is 25.2 Å². The summed E-state index contributed by atoms with van der Waals surface area (Å²) in [4.78, 5) is 15.6. The largest absolute Gasteiger partial charge is 0.495 e. The molecule has 8 nitrogen and oxygen atoms in total. The van der Waals surface area contributed by atoms with Crippen molar-refractivity contribution in [1.29, 1.82) is 0 Å². The van der Waals surface area contributed by atoms with E-state index in [1.54, 1.807) is 19.5 Å². The molecule has 1 aliphatic rings. The average molecular weight is 451 g/mol. The highest BCUT2D eigenvalue weighted by atomic mass is 35.5. The number of imidazole rings is 1. The molecule has 1 saturated heterocycles. The third kappa shape index (κ3) is 4.12. The fourth-order valence-corrected chi connectivity index (χ4v) is 4.17. The molecule has 0 amide bonds. The van der Waals surface area contributed by atoms with Crippen molar-refractivity contribution in [3.8, 4) is 17.1 Å². The van der Waals surface area contributed by atoms with Crippen molar-refractivity contribution in [2.75, 3.05) is 25.5 Å². The summed E-state index contributed by atoms with van der Waals surface area (Å²) in [6.07, 6.45) is 5.83. The summed E-state index contributed by atoms with van der Waals surface area (Å²) in [5.41, 5.74) is 4.06. The quantitative estimate of drug-likeness (QED) is 0.462. The number of likely N-dealkylation sites (tertiary alicyclic amines) is 1. The monoisotopic (exact) mass is 450 g/mol. The van der Waals surface area contributed by atoms with E-state index in [4.69, 9.17) is 16.3 Å². The molecule has 0 radical (unpaired) electrons. The number of β-amino-alcohol motifs (C(OH)–C–C–N with tert-alkyl or cyclic N) is 1. The molecular formula is C23H23ClN6O2. The fourth-order valence-electron chi connectivity index (χ4n) is 3.99. The predicted octanol–water partition coefficient (Wildman–Crippen LogP) is 3.76. The van der Waals surface area contributed by atoms with E-state index in [0.717, 1.165) is 42.1 Å². The number of fused-ring (bicyclic) bond motifs is 1. The van der Waals surface area contributed by atoms with Gasteiger partial charge in [0.2, 0.25) is 5.95 Å². The maximum atomic E-state index is 9.75. The van der Waals surface area contributed by atoms with Crippen LogP contribution in [0.5, 0.6) is 5.75 Å². The van der Waals surface area contributed by atoms with Crippen molar-refractivity contribution in [2.24, 2.45) is 0 Å². The van der Waals surface area contributed by atoms with Crippen LogP contribution in [0.1, 0.15) is 12.0 Å². The second-order valence-corrected chi connectivity index (χ2v) is 8.21. The molecule has 0 saturated carbocycles. The highest BCUT2D eigenvalue weighted by Crippen LogP contribution is 2.31. The van der Waals surface area contributed by atoms with Gasteiger partial charge in [-0.25, -0.2) is 15.0 Å². The van der Waals surface area contributed by atoms with E-state index in [0.29, 0.717) is 29.0 Å². The Hall–Kier alpha value is -3.20. The average Bonchev–Trinajstić information content (AvgIpc) is 3.42. The maximum Gasteiger partial charge on any atom is 0.227 e. The third-order valence-corrected chi connectivity index (χ3v) is 5.85.